The topological polar surface area (TPSA) is 81.4 Å². The van der Waals surface area contributed by atoms with Crippen LogP contribution in [0.4, 0.5) is 5.13 Å². The monoisotopic (exact) mass is 406 g/mol. The van der Waals surface area contributed by atoms with Gasteiger partial charge >= 0.3 is 5.63 Å². The van der Waals surface area contributed by atoms with Crippen LogP contribution in [0.3, 0.4) is 0 Å². The summed E-state index contributed by atoms with van der Waals surface area (Å²) >= 11 is 1.35. The van der Waals surface area contributed by atoms with Crippen LogP contribution >= 0.6 is 11.3 Å². The first-order chi connectivity index (χ1) is 14.0. The van der Waals surface area contributed by atoms with Crippen LogP contribution in [0, 0.1) is 6.92 Å². The number of benzene rings is 2. The van der Waals surface area contributed by atoms with Gasteiger partial charge in [-0.15, -0.1) is 11.3 Å². The van der Waals surface area contributed by atoms with Crippen LogP contribution in [0.15, 0.2) is 69.2 Å². The van der Waals surface area contributed by atoms with Gasteiger partial charge in [0.1, 0.15) is 11.3 Å². The maximum Gasteiger partial charge on any atom is 0.336 e. The molecule has 7 heteroatoms. The standard InChI is InChI=1S/C22H18N2O4S/c1-13-10-20(25)28-19-11-16(8-9-17(13)19)27-14(2)21(26)24-22-23-18(12-29-22)15-6-4-3-5-7-15/h3-12,14H,1-2H3,(H,23,24,26)/t14-/m1/s1. The van der Waals surface area contributed by atoms with Crippen molar-refractivity contribution in [2.45, 2.75) is 20.0 Å². The highest BCUT2D eigenvalue weighted by molar-refractivity contribution is 7.14. The Balaban J connectivity index is 1.45. The lowest BCUT2D eigenvalue weighted by Crippen LogP contribution is -2.30. The van der Waals surface area contributed by atoms with Crippen LogP contribution in [-0.2, 0) is 4.79 Å². The highest BCUT2D eigenvalue weighted by Gasteiger charge is 2.17. The Hall–Kier alpha value is -3.45. The van der Waals surface area contributed by atoms with E-state index in [1.54, 1.807) is 25.1 Å². The summed E-state index contributed by atoms with van der Waals surface area (Å²) in [4.78, 5) is 28.5. The summed E-state index contributed by atoms with van der Waals surface area (Å²) in [5.74, 6) is 0.128. The zero-order chi connectivity index (χ0) is 20.4. The van der Waals surface area contributed by atoms with Crippen molar-refractivity contribution in [2.75, 3.05) is 5.32 Å². The largest absolute Gasteiger partial charge is 0.481 e. The number of anilines is 1. The quantitative estimate of drug-likeness (QED) is 0.489. The van der Waals surface area contributed by atoms with Gasteiger partial charge in [-0.1, -0.05) is 30.3 Å². The van der Waals surface area contributed by atoms with Gasteiger partial charge in [0, 0.05) is 28.5 Å². The first-order valence-electron chi connectivity index (χ1n) is 9.02. The van der Waals surface area contributed by atoms with Gasteiger partial charge in [0.25, 0.3) is 5.91 Å². The average molecular weight is 406 g/mol. The molecule has 0 bridgehead atoms. The fourth-order valence-corrected chi connectivity index (χ4v) is 3.64. The summed E-state index contributed by atoms with van der Waals surface area (Å²) in [5.41, 5.74) is 2.62. The average Bonchev–Trinajstić information content (AvgIpc) is 3.16. The number of ether oxygens (including phenoxy) is 1. The number of thiazole rings is 1. The molecule has 0 aliphatic heterocycles. The summed E-state index contributed by atoms with van der Waals surface area (Å²) in [7, 11) is 0. The van der Waals surface area contributed by atoms with Crippen LogP contribution in [-0.4, -0.2) is 17.0 Å². The minimum Gasteiger partial charge on any atom is -0.481 e. The van der Waals surface area contributed by atoms with Gasteiger partial charge in [-0.05, 0) is 31.5 Å². The van der Waals surface area contributed by atoms with Crippen molar-refractivity contribution in [3.63, 3.8) is 0 Å². The number of nitrogens with one attached hydrogen (secondary N) is 1. The van der Waals surface area contributed by atoms with E-state index in [1.165, 1.54) is 17.4 Å². The lowest BCUT2D eigenvalue weighted by atomic mass is 10.1. The van der Waals surface area contributed by atoms with Crippen molar-refractivity contribution >= 4 is 33.3 Å². The fourth-order valence-electron chi connectivity index (χ4n) is 2.92. The Labute approximate surface area is 170 Å². The molecule has 4 rings (SSSR count). The summed E-state index contributed by atoms with van der Waals surface area (Å²) in [6.45, 7) is 3.49. The summed E-state index contributed by atoms with van der Waals surface area (Å²) in [5, 5.41) is 6.00. The minimum atomic E-state index is -0.756. The van der Waals surface area contributed by atoms with E-state index < -0.39 is 11.7 Å². The molecule has 146 valence electrons. The number of fused-ring (bicyclic) bond motifs is 1. The van der Waals surface area contributed by atoms with Gasteiger partial charge in [-0.2, -0.15) is 0 Å². The molecular formula is C22H18N2O4S. The first-order valence-corrected chi connectivity index (χ1v) is 9.90. The van der Waals surface area contributed by atoms with E-state index in [0.717, 1.165) is 22.2 Å². The molecule has 1 N–H and O–H groups in total. The van der Waals surface area contributed by atoms with Gasteiger partial charge in [-0.3, -0.25) is 10.1 Å². The molecule has 4 aromatic rings. The molecule has 29 heavy (non-hydrogen) atoms. The third-order valence-electron chi connectivity index (χ3n) is 4.41. The third kappa shape index (κ3) is 4.20. The first kappa shape index (κ1) is 18.9. The summed E-state index contributed by atoms with van der Waals surface area (Å²) < 4.78 is 11.0. The molecule has 0 radical (unpaired) electrons. The molecule has 0 saturated heterocycles. The van der Waals surface area contributed by atoms with Crippen molar-refractivity contribution < 1.29 is 13.9 Å². The predicted molar refractivity (Wildman–Crippen MR) is 113 cm³/mol. The lowest BCUT2D eigenvalue weighted by molar-refractivity contribution is -0.122. The number of aryl methyl sites for hydroxylation is 1. The summed E-state index contributed by atoms with van der Waals surface area (Å²) in [6, 6.07) is 16.4. The third-order valence-corrected chi connectivity index (χ3v) is 5.17. The van der Waals surface area contributed by atoms with E-state index in [4.69, 9.17) is 9.15 Å². The number of carbonyl (C=O) groups is 1. The Morgan fingerprint density at radius 3 is 2.76 bits per heavy atom. The van der Waals surface area contributed by atoms with Crippen LogP contribution in [0.25, 0.3) is 22.2 Å². The number of hydrogen-bond acceptors (Lipinski definition) is 6. The number of aromatic nitrogens is 1. The number of carbonyl (C=O) groups excluding carboxylic acids is 1. The second kappa shape index (κ2) is 7.89. The molecule has 1 atom stereocenters. The van der Waals surface area contributed by atoms with E-state index in [-0.39, 0.29) is 5.91 Å². The zero-order valence-corrected chi connectivity index (χ0v) is 16.7. The molecule has 2 aromatic carbocycles. The van der Waals surface area contributed by atoms with Crippen LogP contribution in [0.5, 0.6) is 5.75 Å². The fraction of sp³-hybridized carbons (Fsp3) is 0.136. The van der Waals surface area contributed by atoms with Crippen LogP contribution < -0.4 is 15.7 Å². The van der Waals surface area contributed by atoms with E-state index in [2.05, 4.69) is 10.3 Å². The molecule has 2 heterocycles. The molecular weight excluding hydrogens is 388 g/mol. The molecule has 0 spiro atoms. The van der Waals surface area contributed by atoms with E-state index in [9.17, 15) is 9.59 Å². The van der Waals surface area contributed by atoms with E-state index >= 15 is 0 Å². The van der Waals surface area contributed by atoms with Crippen molar-refractivity contribution in [3.8, 4) is 17.0 Å². The maximum atomic E-state index is 12.5. The van der Waals surface area contributed by atoms with Crippen LogP contribution in [0.2, 0.25) is 0 Å². The van der Waals surface area contributed by atoms with E-state index in [1.807, 2.05) is 42.6 Å². The van der Waals surface area contributed by atoms with Gasteiger partial charge in [0.05, 0.1) is 5.69 Å². The van der Waals surface area contributed by atoms with Crippen molar-refractivity contribution in [2.24, 2.45) is 0 Å². The molecule has 1 amide bonds. The Bertz CT molecular complexity index is 1230. The van der Waals surface area contributed by atoms with E-state index in [0.29, 0.717) is 16.5 Å². The molecule has 0 fully saturated rings. The SMILES string of the molecule is Cc1cc(=O)oc2cc(O[C@H](C)C(=O)Nc3nc(-c4ccccc4)cs3)ccc12. The maximum absolute atomic E-state index is 12.5. The number of hydrogen-bond donors (Lipinski definition) is 1. The second-order valence-corrected chi connectivity index (χ2v) is 7.42. The number of rotatable bonds is 5. The minimum absolute atomic E-state index is 0.315. The van der Waals surface area contributed by atoms with Crippen molar-refractivity contribution in [3.05, 3.63) is 76.0 Å². The van der Waals surface area contributed by atoms with Crippen LogP contribution in [0.1, 0.15) is 12.5 Å². The Morgan fingerprint density at radius 1 is 1.17 bits per heavy atom. The normalized spacial score (nSPS) is 11.9. The molecule has 2 aromatic heterocycles. The van der Waals surface area contributed by atoms with Gasteiger partial charge in [0.15, 0.2) is 11.2 Å². The molecule has 0 unspecified atom stereocenters. The Kier molecular flexibility index (Phi) is 5.14. The zero-order valence-electron chi connectivity index (χ0n) is 15.8. The van der Waals surface area contributed by atoms with Gasteiger partial charge in [0.2, 0.25) is 0 Å². The highest BCUT2D eigenvalue weighted by atomic mass is 32.1. The summed E-state index contributed by atoms with van der Waals surface area (Å²) in [6.07, 6.45) is -0.756. The smallest absolute Gasteiger partial charge is 0.336 e. The number of nitrogens with zero attached hydrogens (tertiary/aromatic N) is 1. The molecule has 0 saturated carbocycles. The second-order valence-electron chi connectivity index (χ2n) is 6.56. The molecule has 6 nitrogen and oxygen atoms in total. The number of amides is 1. The van der Waals surface area contributed by atoms with Gasteiger partial charge in [-0.25, -0.2) is 9.78 Å². The van der Waals surface area contributed by atoms with Crippen molar-refractivity contribution in [1.29, 1.82) is 0 Å². The van der Waals surface area contributed by atoms with Crippen molar-refractivity contribution in [1.82, 2.24) is 4.98 Å². The predicted octanol–water partition coefficient (Wildman–Crippen LogP) is 4.63. The van der Waals surface area contributed by atoms with Gasteiger partial charge < -0.3 is 9.15 Å². The molecule has 0 aliphatic carbocycles. The Morgan fingerprint density at radius 2 is 1.97 bits per heavy atom. The molecule has 0 aliphatic rings. The lowest BCUT2D eigenvalue weighted by Gasteiger charge is -2.14. The highest BCUT2D eigenvalue weighted by Crippen LogP contribution is 2.26.